The molecule has 0 spiro atoms. The van der Waals surface area contributed by atoms with Gasteiger partial charge in [-0.2, -0.15) is 5.10 Å². The van der Waals surface area contributed by atoms with Crippen LogP contribution in [0.15, 0.2) is 23.3 Å². The first-order chi connectivity index (χ1) is 9.92. The van der Waals surface area contributed by atoms with Gasteiger partial charge in [0.15, 0.2) is 6.04 Å². The molecule has 1 aromatic rings. The summed E-state index contributed by atoms with van der Waals surface area (Å²) < 4.78 is 4.90. The minimum Gasteiger partial charge on any atom is -0.480 e. The number of benzene rings is 1. The van der Waals surface area contributed by atoms with Crippen LogP contribution in [0.1, 0.15) is 24.5 Å². The standard InChI is InChI=1S/C15H18N2O4/c1-4-21-15(20)12-8-13(14(18)19)17(16-12)11-6-9(2)5-10(3)7-11/h5-7,13H,4,8H2,1-3H3,(H,18,19). The predicted octanol–water partition coefficient (Wildman–Crippen LogP) is 1.89. The number of carbonyl (C=O) groups excluding carboxylic acids is 1. The van der Waals surface area contributed by atoms with Gasteiger partial charge < -0.3 is 9.84 Å². The van der Waals surface area contributed by atoms with Gasteiger partial charge in [0.1, 0.15) is 5.71 Å². The van der Waals surface area contributed by atoms with E-state index in [0.717, 1.165) is 11.1 Å². The lowest BCUT2D eigenvalue weighted by Gasteiger charge is -2.20. The number of nitrogens with zero attached hydrogens (tertiary/aromatic N) is 2. The topological polar surface area (TPSA) is 79.2 Å². The van der Waals surface area contributed by atoms with Gasteiger partial charge in [-0.05, 0) is 44.0 Å². The second-order valence-corrected chi connectivity index (χ2v) is 5.02. The zero-order valence-electron chi connectivity index (χ0n) is 12.3. The molecule has 0 amide bonds. The number of anilines is 1. The largest absolute Gasteiger partial charge is 0.480 e. The molecular formula is C15H18N2O4. The Hall–Kier alpha value is -2.37. The summed E-state index contributed by atoms with van der Waals surface area (Å²) in [5.74, 6) is -1.58. The summed E-state index contributed by atoms with van der Waals surface area (Å²) in [4.78, 5) is 23.2. The Kier molecular flexibility index (Phi) is 4.26. The van der Waals surface area contributed by atoms with E-state index in [9.17, 15) is 14.7 Å². The quantitative estimate of drug-likeness (QED) is 0.857. The van der Waals surface area contributed by atoms with Gasteiger partial charge in [0.25, 0.3) is 0 Å². The summed E-state index contributed by atoms with van der Waals surface area (Å²) in [7, 11) is 0. The van der Waals surface area contributed by atoms with Gasteiger partial charge in [-0.25, -0.2) is 9.59 Å². The van der Waals surface area contributed by atoms with Crippen LogP contribution in [0.2, 0.25) is 0 Å². The van der Waals surface area contributed by atoms with Crippen LogP contribution in [0.3, 0.4) is 0 Å². The molecule has 1 aromatic carbocycles. The minimum atomic E-state index is -1.02. The summed E-state index contributed by atoms with van der Waals surface area (Å²) in [5.41, 5.74) is 2.82. The molecule has 6 nitrogen and oxygen atoms in total. The van der Waals surface area contributed by atoms with Crippen molar-refractivity contribution < 1.29 is 19.4 Å². The van der Waals surface area contributed by atoms with Crippen LogP contribution >= 0.6 is 0 Å². The molecule has 1 aliphatic rings. The monoisotopic (exact) mass is 290 g/mol. The highest BCUT2D eigenvalue weighted by molar-refractivity contribution is 6.38. The first-order valence-corrected chi connectivity index (χ1v) is 6.77. The van der Waals surface area contributed by atoms with Crippen LogP contribution in [-0.2, 0) is 14.3 Å². The van der Waals surface area contributed by atoms with E-state index in [4.69, 9.17) is 4.74 Å². The second-order valence-electron chi connectivity index (χ2n) is 5.02. The van der Waals surface area contributed by atoms with E-state index in [1.54, 1.807) is 6.92 Å². The Morgan fingerprint density at radius 1 is 1.33 bits per heavy atom. The number of hydrogen-bond acceptors (Lipinski definition) is 5. The molecule has 6 heteroatoms. The third-order valence-electron chi connectivity index (χ3n) is 3.18. The SMILES string of the molecule is CCOC(=O)C1=NN(c2cc(C)cc(C)c2)C(C(=O)O)C1. The number of rotatable bonds is 4. The molecule has 0 fully saturated rings. The van der Waals surface area contributed by atoms with E-state index in [1.807, 2.05) is 32.0 Å². The maximum atomic E-state index is 11.8. The number of carboxylic acid groups (broad SMARTS) is 1. The lowest BCUT2D eigenvalue weighted by molar-refractivity contribution is -0.138. The van der Waals surface area contributed by atoms with Crippen molar-refractivity contribution in [1.29, 1.82) is 0 Å². The third kappa shape index (κ3) is 3.21. The van der Waals surface area contributed by atoms with E-state index in [1.165, 1.54) is 5.01 Å². The molecule has 0 saturated heterocycles. The van der Waals surface area contributed by atoms with Crippen molar-refractivity contribution in [3.63, 3.8) is 0 Å². The van der Waals surface area contributed by atoms with Crippen LogP contribution in [0.5, 0.6) is 0 Å². The lowest BCUT2D eigenvalue weighted by Crippen LogP contribution is -2.34. The van der Waals surface area contributed by atoms with E-state index in [0.29, 0.717) is 5.69 Å². The Bertz CT molecular complexity index is 589. The molecule has 1 heterocycles. The van der Waals surface area contributed by atoms with Crippen LogP contribution in [0.4, 0.5) is 5.69 Å². The molecule has 1 aliphatic heterocycles. The first-order valence-electron chi connectivity index (χ1n) is 6.77. The van der Waals surface area contributed by atoms with Gasteiger partial charge in [-0.3, -0.25) is 5.01 Å². The van der Waals surface area contributed by atoms with Crippen molar-refractivity contribution in [3.8, 4) is 0 Å². The normalized spacial score (nSPS) is 17.6. The van der Waals surface area contributed by atoms with Gasteiger partial charge in [0, 0.05) is 6.42 Å². The number of hydrogen-bond donors (Lipinski definition) is 1. The first kappa shape index (κ1) is 15.0. The number of hydrazone groups is 1. The summed E-state index contributed by atoms with van der Waals surface area (Å²) in [6, 6.07) is 4.80. The molecule has 0 aliphatic carbocycles. The molecule has 0 bridgehead atoms. The molecule has 2 rings (SSSR count). The molecule has 0 saturated carbocycles. The molecule has 21 heavy (non-hydrogen) atoms. The zero-order chi connectivity index (χ0) is 15.6. The molecule has 0 aromatic heterocycles. The number of carbonyl (C=O) groups is 2. The highest BCUT2D eigenvalue weighted by atomic mass is 16.5. The minimum absolute atomic E-state index is 0.0428. The van der Waals surface area contributed by atoms with Crippen molar-refractivity contribution in [3.05, 3.63) is 29.3 Å². The predicted molar refractivity (Wildman–Crippen MR) is 78.5 cm³/mol. The lowest BCUT2D eigenvalue weighted by atomic mass is 10.1. The Labute approximate surface area is 123 Å². The number of aryl methyl sites for hydroxylation is 2. The van der Waals surface area contributed by atoms with Crippen molar-refractivity contribution in [2.45, 2.75) is 33.2 Å². The Balaban J connectivity index is 2.37. The molecule has 1 atom stereocenters. The molecule has 112 valence electrons. The van der Waals surface area contributed by atoms with E-state index in [2.05, 4.69) is 5.10 Å². The number of aliphatic carboxylic acids is 1. The molecule has 1 N–H and O–H groups in total. The van der Waals surface area contributed by atoms with Crippen molar-refractivity contribution >= 4 is 23.3 Å². The number of carboxylic acids is 1. The van der Waals surface area contributed by atoms with Crippen molar-refractivity contribution in [2.24, 2.45) is 5.10 Å². The maximum Gasteiger partial charge on any atom is 0.354 e. The van der Waals surface area contributed by atoms with Crippen LogP contribution < -0.4 is 5.01 Å². The summed E-state index contributed by atoms with van der Waals surface area (Å²) in [5, 5.41) is 14.9. The molecular weight excluding hydrogens is 272 g/mol. The van der Waals surface area contributed by atoms with Gasteiger partial charge in [0.05, 0.1) is 12.3 Å². The van der Waals surface area contributed by atoms with Crippen LogP contribution in [0, 0.1) is 13.8 Å². The van der Waals surface area contributed by atoms with E-state index < -0.39 is 18.0 Å². The number of esters is 1. The number of ether oxygens (including phenoxy) is 1. The summed E-state index contributed by atoms with van der Waals surface area (Å²) in [6.45, 7) is 5.79. The fraction of sp³-hybridized carbons (Fsp3) is 0.400. The highest BCUT2D eigenvalue weighted by Crippen LogP contribution is 2.27. The average Bonchev–Trinajstić information content (AvgIpc) is 2.83. The summed E-state index contributed by atoms with van der Waals surface area (Å²) in [6.07, 6.45) is 0.0428. The van der Waals surface area contributed by atoms with E-state index >= 15 is 0 Å². The molecule has 1 unspecified atom stereocenters. The van der Waals surface area contributed by atoms with Crippen molar-refractivity contribution in [2.75, 3.05) is 11.6 Å². The Morgan fingerprint density at radius 2 is 1.95 bits per heavy atom. The van der Waals surface area contributed by atoms with Gasteiger partial charge in [-0.1, -0.05) is 6.07 Å². The Morgan fingerprint density at radius 3 is 2.48 bits per heavy atom. The second kappa shape index (κ2) is 5.95. The highest BCUT2D eigenvalue weighted by Gasteiger charge is 2.36. The van der Waals surface area contributed by atoms with Crippen molar-refractivity contribution in [1.82, 2.24) is 0 Å². The fourth-order valence-electron chi connectivity index (χ4n) is 2.36. The van der Waals surface area contributed by atoms with Gasteiger partial charge >= 0.3 is 11.9 Å². The zero-order valence-corrected chi connectivity index (χ0v) is 12.3. The van der Waals surface area contributed by atoms with Gasteiger partial charge in [0.2, 0.25) is 0 Å². The smallest absolute Gasteiger partial charge is 0.354 e. The molecule has 0 radical (unpaired) electrons. The maximum absolute atomic E-state index is 11.8. The average molecular weight is 290 g/mol. The third-order valence-corrected chi connectivity index (χ3v) is 3.18. The van der Waals surface area contributed by atoms with Gasteiger partial charge in [-0.15, -0.1) is 0 Å². The van der Waals surface area contributed by atoms with E-state index in [-0.39, 0.29) is 18.7 Å². The van der Waals surface area contributed by atoms with Crippen LogP contribution in [0.25, 0.3) is 0 Å². The summed E-state index contributed by atoms with van der Waals surface area (Å²) >= 11 is 0. The fourth-order valence-corrected chi connectivity index (χ4v) is 2.36. The van der Waals surface area contributed by atoms with Crippen LogP contribution in [-0.4, -0.2) is 35.4 Å².